The molecule has 6 rings (SSSR count). The quantitative estimate of drug-likeness (QED) is 0.527. The van der Waals surface area contributed by atoms with Crippen LogP contribution in [-0.2, 0) is 11.3 Å². The van der Waals surface area contributed by atoms with Gasteiger partial charge < -0.3 is 16.0 Å². The van der Waals surface area contributed by atoms with Crippen LogP contribution in [0.15, 0.2) is 54.6 Å². The maximum Gasteiger partial charge on any atom is 0.251 e. The van der Waals surface area contributed by atoms with E-state index in [1.165, 1.54) is 19.3 Å². The molecule has 4 bridgehead atoms. The van der Waals surface area contributed by atoms with E-state index in [9.17, 15) is 14.4 Å². The number of hydrogen-bond donors (Lipinski definition) is 3. The molecule has 34 heavy (non-hydrogen) atoms. The van der Waals surface area contributed by atoms with Gasteiger partial charge >= 0.3 is 0 Å². The van der Waals surface area contributed by atoms with Gasteiger partial charge in [0.2, 0.25) is 5.91 Å². The van der Waals surface area contributed by atoms with E-state index in [-0.39, 0.29) is 23.1 Å². The van der Waals surface area contributed by atoms with Gasteiger partial charge in [-0.1, -0.05) is 30.3 Å². The molecule has 4 aliphatic carbocycles. The van der Waals surface area contributed by atoms with Gasteiger partial charge in [-0.05, 0) is 86.1 Å². The van der Waals surface area contributed by atoms with Crippen LogP contribution in [0, 0.1) is 23.2 Å². The smallest absolute Gasteiger partial charge is 0.251 e. The third kappa shape index (κ3) is 4.86. The average molecular weight is 460 g/mol. The lowest BCUT2D eigenvalue weighted by molar-refractivity contribution is -0.146. The molecule has 178 valence electrons. The van der Waals surface area contributed by atoms with E-state index in [0.29, 0.717) is 30.8 Å². The second-order valence-electron chi connectivity index (χ2n) is 10.5. The Labute approximate surface area is 200 Å². The molecule has 3 N–H and O–H groups in total. The lowest BCUT2D eigenvalue weighted by Gasteiger charge is -2.55. The third-order valence-electron chi connectivity index (χ3n) is 7.92. The number of nitrogens with one attached hydrogen (secondary N) is 3. The predicted molar refractivity (Wildman–Crippen MR) is 130 cm³/mol. The molecule has 2 aromatic rings. The zero-order chi connectivity index (χ0) is 23.5. The number of rotatable bonds is 8. The van der Waals surface area contributed by atoms with Crippen molar-refractivity contribution in [3.8, 4) is 0 Å². The van der Waals surface area contributed by atoms with E-state index in [2.05, 4.69) is 16.0 Å². The number of hydrogen-bond acceptors (Lipinski definition) is 3. The fraction of sp³-hybridized carbons (Fsp3) is 0.464. The van der Waals surface area contributed by atoms with Crippen LogP contribution in [0.4, 0.5) is 0 Å². The maximum atomic E-state index is 13.1. The zero-order valence-corrected chi connectivity index (χ0v) is 19.5. The van der Waals surface area contributed by atoms with Gasteiger partial charge in [0.25, 0.3) is 11.8 Å². The number of amides is 3. The van der Waals surface area contributed by atoms with Crippen LogP contribution in [0.2, 0.25) is 0 Å². The molecule has 6 heteroatoms. The molecule has 0 heterocycles. The minimum Gasteiger partial charge on any atom is -0.352 e. The van der Waals surface area contributed by atoms with Crippen LogP contribution in [0.25, 0.3) is 0 Å². The van der Waals surface area contributed by atoms with E-state index < -0.39 is 0 Å². The molecule has 6 nitrogen and oxygen atoms in total. The SMILES string of the molecule is O=C(NCCNC(=O)c1ccc(CNC(=O)C23CC4CC(CC(C4)C2)C3)cc1)c1ccccc1. The van der Waals surface area contributed by atoms with Gasteiger partial charge in [-0.3, -0.25) is 14.4 Å². The van der Waals surface area contributed by atoms with Crippen molar-refractivity contribution in [1.82, 2.24) is 16.0 Å². The largest absolute Gasteiger partial charge is 0.352 e. The van der Waals surface area contributed by atoms with E-state index >= 15 is 0 Å². The molecule has 2 aromatic carbocycles. The van der Waals surface area contributed by atoms with Crippen LogP contribution < -0.4 is 16.0 Å². The van der Waals surface area contributed by atoms with Gasteiger partial charge in [0, 0.05) is 36.2 Å². The average Bonchev–Trinajstić information content (AvgIpc) is 2.85. The van der Waals surface area contributed by atoms with Gasteiger partial charge in [0.1, 0.15) is 0 Å². The number of carbonyl (C=O) groups is 3. The van der Waals surface area contributed by atoms with Crippen molar-refractivity contribution >= 4 is 17.7 Å². The Morgan fingerprint density at radius 2 is 1.18 bits per heavy atom. The molecule has 0 unspecified atom stereocenters. The van der Waals surface area contributed by atoms with Crippen molar-refractivity contribution in [2.24, 2.45) is 23.2 Å². The van der Waals surface area contributed by atoms with Gasteiger partial charge in [-0.15, -0.1) is 0 Å². The lowest BCUT2D eigenvalue weighted by atomic mass is 9.49. The van der Waals surface area contributed by atoms with Crippen molar-refractivity contribution in [3.05, 3.63) is 71.3 Å². The Morgan fingerprint density at radius 1 is 0.676 bits per heavy atom. The van der Waals surface area contributed by atoms with Crippen LogP contribution in [0.1, 0.15) is 64.8 Å². The van der Waals surface area contributed by atoms with E-state index in [1.54, 1.807) is 24.3 Å². The van der Waals surface area contributed by atoms with Crippen LogP contribution in [-0.4, -0.2) is 30.8 Å². The maximum absolute atomic E-state index is 13.1. The first-order chi connectivity index (χ1) is 16.5. The molecule has 0 aliphatic heterocycles. The summed E-state index contributed by atoms with van der Waals surface area (Å²) in [6.45, 7) is 1.20. The summed E-state index contributed by atoms with van der Waals surface area (Å²) in [5.41, 5.74) is 2.01. The molecule has 0 aromatic heterocycles. The fourth-order valence-electron chi connectivity index (χ4n) is 6.68. The third-order valence-corrected chi connectivity index (χ3v) is 7.92. The fourth-order valence-corrected chi connectivity index (χ4v) is 6.68. The van der Waals surface area contributed by atoms with Crippen LogP contribution >= 0.6 is 0 Å². The molecule has 3 amide bonds. The van der Waals surface area contributed by atoms with Crippen molar-refractivity contribution in [2.75, 3.05) is 13.1 Å². The second-order valence-corrected chi connectivity index (χ2v) is 10.5. The Balaban J connectivity index is 1.06. The first-order valence-corrected chi connectivity index (χ1v) is 12.5. The van der Waals surface area contributed by atoms with E-state index in [4.69, 9.17) is 0 Å². The Hall–Kier alpha value is -3.15. The number of benzene rings is 2. The molecular formula is C28H33N3O3. The summed E-state index contributed by atoms with van der Waals surface area (Å²) in [7, 11) is 0. The summed E-state index contributed by atoms with van der Waals surface area (Å²) < 4.78 is 0. The first-order valence-electron chi connectivity index (χ1n) is 12.5. The van der Waals surface area contributed by atoms with Crippen molar-refractivity contribution in [1.29, 1.82) is 0 Å². The van der Waals surface area contributed by atoms with Gasteiger partial charge in [-0.25, -0.2) is 0 Å². The Morgan fingerprint density at radius 3 is 1.71 bits per heavy atom. The molecular weight excluding hydrogens is 426 g/mol. The Bertz CT molecular complexity index is 1010. The lowest BCUT2D eigenvalue weighted by Crippen LogP contribution is -2.53. The van der Waals surface area contributed by atoms with Crippen molar-refractivity contribution in [3.63, 3.8) is 0 Å². The molecule has 0 radical (unpaired) electrons. The second kappa shape index (κ2) is 9.61. The summed E-state index contributed by atoms with van der Waals surface area (Å²) in [5, 5.41) is 8.81. The van der Waals surface area contributed by atoms with Gasteiger partial charge in [0.05, 0.1) is 0 Å². The molecule has 0 atom stereocenters. The van der Waals surface area contributed by atoms with Crippen molar-refractivity contribution in [2.45, 2.75) is 45.1 Å². The highest BCUT2D eigenvalue weighted by Gasteiger charge is 2.54. The summed E-state index contributed by atoms with van der Waals surface area (Å²) in [4.78, 5) is 37.6. The molecule has 4 fully saturated rings. The van der Waals surface area contributed by atoms with E-state index in [0.717, 1.165) is 42.6 Å². The standard InChI is InChI=1S/C28H33N3O3/c32-25(23-4-2-1-3-5-23)29-10-11-30-26(33)24-8-6-19(7-9-24)18-31-27(34)28-15-20-12-21(16-28)14-22(13-20)17-28/h1-9,20-22H,10-18H2,(H,29,32)(H,30,33)(H,31,34). The molecule has 4 aliphatic rings. The highest BCUT2D eigenvalue weighted by atomic mass is 16.2. The minimum atomic E-state index is -0.182. The highest BCUT2D eigenvalue weighted by molar-refractivity contribution is 5.95. The summed E-state index contributed by atoms with van der Waals surface area (Å²) >= 11 is 0. The highest BCUT2D eigenvalue weighted by Crippen LogP contribution is 2.60. The summed E-state index contributed by atoms with van der Waals surface area (Å²) in [6.07, 6.45) is 7.18. The summed E-state index contributed by atoms with van der Waals surface area (Å²) in [5.74, 6) is 2.14. The monoisotopic (exact) mass is 459 g/mol. The van der Waals surface area contributed by atoms with Crippen LogP contribution in [0.5, 0.6) is 0 Å². The zero-order valence-electron chi connectivity index (χ0n) is 19.5. The van der Waals surface area contributed by atoms with E-state index in [1.807, 2.05) is 30.3 Å². The van der Waals surface area contributed by atoms with Crippen LogP contribution in [0.3, 0.4) is 0 Å². The van der Waals surface area contributed by atoms with Gasteiger partial charge in [0.15, 0.2) is 0 Å². The molecule has 4 saturated carbocycles. The minimum absolute atomic E-state index is 0.134. The summed E-state index contributed by atoms with van der Waals surface area (Å²) in [6, 6.07) is 16.3. The van der Waals surface area contributed by atoms with Crippen molar-refractivity contribution < 1.29 is 14.4 Å². The molecule has 0 saturated heterocycles. The normalized spacial score (nSPS) is 26.6. The first kappa shape index (κ1) is 22.6. The van der Waals surface area contributed by atoms with Gasteiger partial charge in [-0.2, -0.15) is 0 Å². The predicted octanol–water partition coefficient (Wildman–Crippen LogP) is 3.68. The molecule has 0 spiro atoms. The number of carbonyl (C=O) groups excluding carboxylic acids is 3. The topological polar surface area (TPSA) is 87.3 Å². The Kier molecular flexibility index (Phi) is 6.40.